The van der Waals surface area contributed by atoms with Gasteiger partial charge in [-0.15, -0.1) is 0 Å². The molecule has 2 unspecified atom stereocenters. The SMILES string of the molecule is C=C/C=C(\C=C)C(OC(=C/C)/C(C)=C\C)C1CO1. The summed E-state index contributed by atoms with van der Waals surface area (Å²) in [6.45, 7) is 14.3. The fourth-order valence-corrected chi connectivity index (χ4v) is 1.67. The minimum absolute atomic E-state index is 0.110. The van der Waals surface area contributed by atoms with E-state index in [9.17, 15) is 0 Å². The van der Waals surface area contributed by atoms with Crippen LogP contribution in [0.15, 0.2) is 60.4 Å². The first-order valence-electron chi connectivity index (χ1n) is 6.20. The molecular weight excluding hydrogens is 224 g/mol. The van der Waals surface area contributed by atoms with Gasteiger partial charge in [-0.1, -0.05) is 37.5 Å². The molecule has 2 atom stereocenters. The van der Waals surface area contributed by atoms with Crippen LogP contribution in [0.5, 0.6) is 0 Å². The van der Waals surface area contributed by atoms with Crippen molar-refractivity contribution < 1.29 is 9.47 Å². The van der Waals surface area contributed by atoms with Gasteiger partial charge in [-0.05, 0) is 38.0 Å². The highest BCUT2D eigenvalue weighted by Crippen LogP contribution is 2.28. The van der Waals surface area contributed by atoms with Gasteiger partial charge in [0.05, 0.1) is 6.61 Å². The molecule has 1 saturated heterocycles. The van der Waals surface area contributed by atoms with Gasteiger partial charge < -0.3 is 9.47 Å². The van der Waals surface area contributed by atoms with Crippen LogP contribution in [0.1, 0.15) is 20.8 Å². The third kappa shape index (κ3) is 3.74. The van der Waals surface area contributed by atoms with E-state index in [0.29, 0.717) is 0 Å². The van der Waals surface area contributed by atoms with E-state index in [2.05, 4.69) is 13.2 Å². The smallest absolute Gasteiger partial charge is 0.152 e. The van der Waals surface area contributed by atoms with E-state index < -0.39 is 0 Å². The highest BCUT2D eigenvalue weighted by Gasteiger charge is 2.36. The van der Waals surface area contributed by atoms with Crippen LogP contribution in [0, 0.1) is 0 Å². The number of ether oxygens (including phenoxy) is 2. The summed E-state index contributed by atoms with van der Waals surface area (Å²) in [4.78, 5) is 0. The van der Waals surface area contributed by atoms with Gasteiger partial charge in [-0.2, -0.15) is 0 Å². The summed E-state index contributed by atoms with van der Waals surface area (Å²) >= 11 is 0. The van der Waals surface area contributed by atoms with Gasteiger partial charge in [0.15, 0.2) is 6.10 Å². The molecule has 1 rings (SSSR count). The Morgan fingerprint density at radius 2 is 2.00 bits per heavy atom. The predicted molar refractivity (Wildman–Crippen MR) is 76.3 cm³/mol. The van der Waals surface area contributed by atoms with Crippen molar-refractivity contribution in [2.45, 2.75) is 33.0 Å². The molecule has 1 aliphatic heterocycles. The van der Waals surface area contributed by atoms with Gasteiger partial charge in [-0.25, -0.2) is 0 Å². The second-order valence-electron chi connectivity index (χ2n) is 4.14. The summed E-state index contributed by atoms with van der Waals surface area (Å²) in [5, 5.41) is 0. The lowest BCUT2D eigenvalue weighted by Gasteiger charge is -2.21. The zero-order chi connectivity index (χ0) is 13.5. The van der Waals surface area contributed by atoms with E-state index in [1.807, 2.05) is 39.0 Å². The van der Waals surface area contributed by atoms with Crippen LogP contribution in [0.4, 0.5) is 0 Å². The molecule has 0 amide bonds. The molecule has 18 heavy (non-hydrogen) atoms. The van der Waals surface area contributed by atoms with Crippen molar-refractivity contribution in [3.8, 4) is 0 Å². The summed E-state index contributed by atoms with van der Waals surface area (Å²) in [6.07, 6.45) is 9.47. The molecule has 0 saturated carbocycles. The number of allylic oxidation sites excluding steroid dienone is 5. The molecule has 0 aliphatic carbocycles. The van der Waals surface area contributed by atoms with Crippen molar-refractivity contribution in [1.82, 2.24) is 0 Å². The Labute approximate surface area is 110 Å². The lowest BCUT2D eigenvalue weighted by atomic mass is 10.1. The van der Waals surface area contributed by atoms with Gasteiger partial charge in [-0.3, -0.25) is 0 Å². The molecule has 0 spiro atoms. The minimum atomic E-state index is -0.110. The van der Waals surface area contributed by atoms with Crippen LogP contribution in [-0.4, -0.2) is 18.8 Å². The normalized spacial score (nSPS) is 22.4. The number of hydrogen-bond acceptors (Lipinski definition) is 2. The van der Waals surface area contributed by atoms with Crippen LogP contribution in [0.25, 0.3) is 0 Å². The molecule has 1 aliphatic rings. The molecule has 2 nitrogen and oxygen atoms in total. The van der Waals surface area contributed by atoms with Gasteiger partial charge in [0, 0.05) is 0 Å². The Bertz CT molecular complexity index is 395. The zero-order valence-electron chi connectivity index (χ0n) is 11.5. The maximum Gasteiger partial charge on any atom is 0.152 e. The first kappa shape index (κ1) is 14.5. The fourth-order valence-electron chi connectivity index (χ4n) is 1.67. The van der Waals surface area contributed by atoms with E-state index in [-0.39, 0.29) is 12.2 Å². The Kier molecular flexibility index (Phi) is 5.66. The maximum absolute atomic E-state index is 6.06. The average molecular weight is 246 g/mol. The van der Waals surface area contributed by atoms with Gasteiger partial charge in [0.25, 0.3) is 0 Å². The van der Waals surface area contributed by atoms with Crippen LogP contribution >= 0.6 is 0 Å². The van der Waals surface area contributed by atoms with Crippen molar-refractivity contribution in [3.05, 3.63) is 60.4 Å². The molecule has 1 heterocycles. The number of epoxide rings is 1. The average Bonchev–Trinajstić information content (AvgIpc) is 3.21. The highest BCUT2D eigenvalue weighted by atomic mass is 16.6. The fraction of sp³-hybridized carbons (Fsp3) is 0.375. The Balaban J connectivity index is 2.90. The minimum Gasteiger partial charge on any atom is -0.483 e. The monoisotopic (exact) mass is 246 g/mol. The van der Waals surface area contributed by atoms with Crippen LogP contribution in [0.3, 0.4) is 0 Å². The molecule has 0 aromatic carbocycles. The second-order valence-corrected chi connectivity index (χ2v) is 4.14. The lowest BCUT2D eigenvalue weighted by molar-refractivity contribution is 0.123. The lowest BCUT2D eigenvalue weighted by Crippen LogP contribution is -2.22. The summed E-state index contributed by atoms with van der Waals surface area (Å²) in [5.41, 5.74) is 2.11. The van der Waals surface area contributed by atoms with Crippen molar-refractivity contribution in [2.75, 3.05) is 6.61 Å². The molecule has 0 radical (unpaired) electrons. The molecule has 98 valence electrons. The first-order chi connectivity index (χ1) is 8.67. The largest absolute Gasteiger partial charge is 0.483 e. The van der Waals surface area contributed by atoms with Gasteiger partial charge in [0.1, 0.15) is 11.9 Å². The number of rotatable bonds is 7. The maximum atomic E-state index is 6.06. The summed E-state index contributed by atoms with van der Waals surface area (Å²) in [6, 6.07) is 0. The van der Waals surface area contributed by atoms with E-state index in [1.165, 1.54) is 0 Å². The van der Waals surface area contributed by atoms with Crippen molar-refractivity contribution in [2.24, 2.45) is 0 Å². The van der Waals surface area contributed by atoms with E-state index in [0.717, 1.165) is 23.5 Å². The van der Waals surface area contributed by atoms with Crippen molar-refractivity contribution in [3.63, 3.8) is 0 Å². The van der Waals surface area contributed by atoms with E-state index >= 15 is 0 Å². The van der Waals surface area contributed by atoms with E-state index in [4.69, 9.17) is 9.47 Å². The van der Waals surface area contributed by atoms with Crippen LogP contribution < -0.4 is 0 Å². The molecular formula is C16H22O2. The third-order valence-electron chi connectivity index (χ3n) is 2.91. The predicted octanol–water partition coefficient (Wildman–Crippen LogP) is 3.94. The molecule has 0 aromatic heterocycles. The Morgan fingerprint density at radius 1 is 1.33 bits per heavy atom. The summed E-state index contributed by atoms with van der Waals surface area (Å²) in [7, 11) is 0. The van der Waals surface area contributed by atoms with Gasteiger partial charge >= 0.3 is 0 Å². The van der Waals surface area contributed by atoms with Crippen molar-refractivity contribution in [1.29, 1.82) is 0 Å². The van der Waals surface area contributed by atoms with Crippen LogP contribution in [0.2, 0.25) is 0 Å². The molecule has 1 fully saturated rings. The summed E-state index contributed by atoms with van der Waals surface area (Å²) in [5.74, 6) is 0.884. The third-order valence-corrected chi connectivity index (χ3v) is 2.91. The quantitative estimate of drug-likeness (QED) is 0.385. The van der Waals surface area contributed by atoms with E-state index in [1.54, 1.807) is 12.2 Å². The second kappa shape index (κ2) is 7.02. The first-order valence-corrected chi connectivity index (χ1v) is 6.20. The topological polar surface area (TPSA) is 21.8 Å². The zero-order valence-corrected chi connectivity index (χ0v) is 11.5. The molecule has 0 N–H and O–H groups in total. The Morgan fingerprint density at radius 3 is 2.39 bits per heavy atom. The molecule has 0 aromatic rings. The molecule has 2 heteroatoms. The Hall–Kier alpha value is -1.54. The van der Waals surface area contributed by atoms with Crippen molar-refractivity contribution >= 4 is 0 Å². The van der Waals surface area contributed by atoms with Gasteiger partial charge in [0.2, 0.25) is 0 Å². The van der Waals surface area contributed by atoms with Crippen LogP contribution in [-0.2, 0) is 9.47 Å². The standard InChI is InChI=1S/C16H22O2/c1-6-10-13(8-3)16(15-11-17-15)18-14(9-4)12(5)7-2/h6-10,15-16H,1,3,11H2,2,4-5H3/b12-7-,13-10+,14-9+. The molecule has 0 bridgehead atoms. The summed E-state index contributed by atoms with van der Waals surface area (Å²) < 4.78 is 11.4. The number of hydrogen-bond donors (Lipinski definition) is 0. The highest BCUT2D eigenvalue weighted by molar-refractivity contribution is 5.30.